The summed E-state index contributed by atoms with van der Waals surface area (Å²) in [5.74, 6) is 0.436. The molecule has 1 aromatic carbocycles. The van der Waals surface area contributed by atoms with Gasteiger partial charge < -0.3 is 9.80 Å². The molecule has 27 heavy (non-hydrogen) atoms. The topological polar surface area (TPSA) is 58.4 Å². The Morgan fingerprint density at radius 3 is 2.52 bits per heavy atom. The third-order valence-corrected chi connectivity index (χ3v) is 5.51. The first-order valence-electron chi connectivity index (χ1n) is 9.69. The van der Waals surface area contributed by atoms with E-state index in [0.717, 1.165) is 31.6 Å². The van der Waals surface area contributed by atoms with E-state index in [1.54, 1.807) is 6.07 Å². The minimum atomic E-state index is -0.207. The van der Waals surface area contributed by atoms with E-state index in [2.05, 4.69) is 42.0 Å². The highest BCUT2D eigenvalue weighted by Crippen LogP contribution is 2.38. The zero-order chi connectivity index (χ0) is 19.0. The number of rotatable bonds is 4. The summed E-state index contributed by atoms with van der Waals surface area (Å²) >= 11 is 0. The number of hydrogen-bond donors (Lipinski definition) is 0. The average Bonchev–Trinajstić information content (AvgIpc) is 3.51. The number of benzene rings is 1. The van der Waals surface area contributed by atoms with Crippen molar-refractivity contribution in [2.75, 3.05) is 31.1 Å². The second-order valence-corrected chi connectivity index (χ2v) is 7.69. The van der Waals surface area contributed by atoms with Crippen molar-refractivity contribution < 1.29 is 4.79 Å². The number of nitrogens with zero attached hydrogens (tertiary/aromatic N) is 4. The number of amides is 1. The second kappa shape index (κ2) is 7.18. The van der Waals surface area contributed by atoms with Gasteiger partial charge in [0.1, 0.15) is 6.54 Å². The van der Waals surface area contributed by atoms with Crippen molar-refractivity contribution in [3.8, 4) is 0 Å². The Balaban J connectivity index is 1.39. The van der Waals surface area contributed by atoms with Crippen LogP contribution < -0.4 is 10.5 Å². The molecule has 0 bridgehead atoms. The van der Waals surface area contributed by atoms with Crippen molar-refractivity contribution in [3.63, 3.8) is 0 Å². The molecule has 1 amide bonds. The molecule has 2 fully saturated rings. The number of piperazine rings is 1. The van der Waals surface area contributed by atoms with Gasteiger partial charge in [0, 0.05) is 43.9 Å². The summed E-state index contributed by atoms with van der Waals surface area (Å²) < 4.78 is 1.33. The molecule has 0 atom stereocenters. The highest BCUT2D eigenvalue weighted by atomic mass is 16.2. The van der Waals surface area contributed by atoms with Crippen LogP contribution in [0.1, 0.15) is 35.6 Å². The highest BCUT2D eigenvalue weighted by molar-refractivity contribution is 5.76. The van der Waals surface area contributed by atoms with Gasteiger partial charge in [0.15, 0.2) is 0 Å². The minimum Gasteiger partial charge on any atom is -0.368 e. The summed E-state index contributed by atoms with van der Waals surface area (Å²) in [6, 6.07) is 9.81. The van der Waals surface area contributed by atoms with Crippen molar-refractivity contribution in [3.05, 3.63) is 57.5 Å². The number of aromatic nitrogens is 2. The lowest BCUT2D eigenvalue weighted by Gasteiger charge is -2.37. The maximum atomic E-state index is 12.7. The third-order valence-electron chi connectivity index (χ3n) is 5.51. The van der Waals surface area contributed by atoms with E-state index < -0.39 is 0 Å². The van der Waals surface area contributed by atoms with Crippen LogP contribution >= 0.6 is 0 Å². The molecule has 1 saturated heterocycles. The molecule has 0 N–H and O–H groups in total. The van der Waals surface area contributed by atoms with E-state index >= 15 is 0 Å². The van der Waals surface area contributed by atoms with Crippen LogP contribution in [-0.2, 0) is 11.3 Å². The Bertz CT molecular complexity index is 909. The quantitative estimate of drug-likeness (QED) is 0.831. The molecule has 6 heteroatoms. The van der Waals surface area contributed by atoms with Crippen molar-refractivity contribution in [1.82, 2.24) is 14.7 Å². The molecule has 0 radical (unpaired) electrons. The number of anilines is 1. The molecule has 0 unspecified atom stereocenters. The van der Waals surface area contributed by atoms with Crippen LogP contribution in [-0.4, -0.2) is 46.8 Å². The van der Waals surface area contributed by atoms with Crippen LogP contribution in [0.3, 0.4) is 0 Å². The summed E-state index contributed by atoms with van der Waals surface area (Å²) in [4.78, 5) is 28.9. The SMILES string of the molecule is Cc1ccc(C)c(N2CCN(C(=O)Cn3nc(C4CC4)ccc3=O)CC2)c1. The molecule has 1 aliphatic carbocycles. The third kappa shape index (κ3) is 3.89. The van der Waals surface area contributed by atoms with Gasteiger partial charge in [-0.1, -0.05) is 12.1 Å². The lowest BCUT2D eigenvalue weighted by molar-refractivity contribution is -0.132. The molecular formula is C21H26N4O2. The van der Waals surface area contributed by atoms with Gasteiger partial charge in [0.2, 0.25) is 5.91 Å². The van der Waals surface area contributed by atoms with Gasteiger partial charge in [-0.3, -0.25) is 9.59 Å². The maximum absolute atomic E-state index is 12.7. The molecule has 2 aromatic rings. The lowest BCUT2D eigenvalue weighted by atomic mass is 10.1. The van der Waals surface area contributed by atoms with Crippen LogP contribution in [0.25, 0.3) is 0 Å². The second-order valence-electron chi connectivity index (χ2n) is 7.69. The van der Waals surface area contributed by atoms with Crippen LogP contribution in [0.5, 0.6) is 0 Å². The van der Waals surface area contributed by atoms with E-state index in [9.17, 15) is 9.59 Å². The van der Waals surface area contributed by atoms with Crippen molar-refractivity contribution in [2.24, 2.45) is 0 Å². The Morgan fingerprint density at radius 2 is 1.81 bits per heavy atom. The minimum absolute atomic E-state index is 0.0295. The van der Waals surface area contributed by atoms with E-state index in [-0.39, 0.29) is 18.0 Å². The fourth-order valence-corrected chi connectivity index (χ4v) is 3.66. The van der Waals surface area contributed by atoms with E-state index in [1.165, 1.54) is 27.6 Å². The standard InChI is InChI=1S/C21H26N4O2/c1-15-3-4-16(2)19(13-15)23-9-11-24(12-10-23)21(27)14-25-20(26)8-7-18(22-25)17-5-6-17/h3-4,7-8,13,17H,5-6,9-12,14H2,1-2H3. The van der Waals surface area contributed by atoms with Gasteiger partial charge in [-0.25, -0.2) is 4.68 Å². The van der Waals surface area contributed by atoms with Crippen molar-refractivity contribution >= 4 is 11.6 Å². The molecule has 4 rings (SSSR count). The fourth-order valence-electron chi connectivity index (χ4n) is 3.66. The van der Waals surface area contributed by atoms with Crippen LogP contribution in [0.4, 0.5) is 5.69 Å². The Hall–Kier alpha value is -2.63. The summed E-state index contributed by atoms with van der Waals surface area (Å²) in [6.45, 7) is 7.21. The number of hydrogen-bond acceptors (Lipinski definition) is 4. The van der Waals surface area contributed by atoms with Gasteiger partial charge in [-0.2, -0.15) is 5.10 Å². The largest absolute Gasteiger partial charge is 0.368 e. The van der Waals surface area contributed by atoms with Crippen molar-refractivity contribution in [1.29, 1.82) is 0 Å². The molecule has 142 valence electrons. The van der Waals surface area contributed by atoms with Gasteiger partial charge in [-0.05, 0) is 49.9 Å². The van der Waals surface area contributed by atoms with Crippen molar-refractivity contribution in [2.45, 2.75) is 39.2 Å². The Kier molecular flexibility index (Phi) is 4.72. The smallest absolute Gasteiger partial charge is 0.267 e. The zero-order valence-electron chi connectivity index (χ0n) is 16.0. The van der Waals surface area contributed by atoms with Gasteiger partial charge in [-0.15, -0.1) is 0 Å². The Morgan fingerprint density at radius 1 is 1.07 bits per heavy atom. The summed E-state index contributed by atoms with van der Waals surface area (Å²) in [6.07, 6.45) is 2.25. The average molecular weight is 366 g/mol. The predicted octanol–water partition coefficient (Wildman–Crippen LogP) is 2.09. The summed E-state index contributed by atoms with van der Waals surface area (Å²) in [7, 11) is 0. The molecule has 1 saturated carbocycles. The normalized spacial score (nSPS) is 17.3. The molecule has 2 heterocycles. The maximum Gasteiger partial charge on any atom is 0.267 e. The first kappa shape index (κ1) is 17.8. The fraction of sp³-hybridized carbons (Fsp3) is 0.476. The van der Waals surface area contributed by atoms with E-state index in [4.69, 9.17) is 0 Å². The first-order chi connectivity index (χ1) is 13.0. The predicted molar refractivity (Wildman–Crippen MR) is 105 cm³/mol. The monoisotopic (exact) mass is 366 g/mol. The number of carbonyl (C=O) groups excluding carboxylic acids is 1. The molecular weight excluding hydrogens is 340 g/mol. The van der Waals surface area contributed by atoms with Crippen LogP contribution in [0.2, 0.25) is 0 Å². The molecule has 2 aliphatic rings. The zero-order valence-corrected chi connectivity index (χ0v) is 16.0. The lowest BCUT2D eigenvalue weighted by Crippen LogP contribution is -2.50. The van der Waals surface area contributed by atoms with Gasteiger partial charge in [0.05, 0.1) is 5.69 Å². The Labute approximate surface area is 159 Å². The molecule has 1 aromatic heterocycles. The molecule has 1 aliphatic heterocycles. The first-order valence-corrected chi connectivity index (χ1v) is 9.69. The molecule has 6 nitrogen and oxygen atoms in total. The highest BCUT2D eigenvalue weighted by Gasteiger charge is 2.27. The van der Waals surface area contributed by atoms with Gasteiger partial charge in [0.25, 0.3) is 5.56 Å². The summed E-state index contributed by atoms with van der Waals surface area (Å²) in [5.41, 5.74) is 4.48. The number of aryl methyl sites for hydroxylation is 2. The van der Waals surface area contributed by atoms with Gasteiger partial charge >= 0.3 is 0 Å². The van der Waals surface area contributed by atoms with Crippen LogP contribution in [0, 0.1) is 13.8 Å². The van der Waals surface area contributed by atoms with E-state index in [1.807, 2.05) is 4.90 Å². The molecule has 0 spiro atoms. The number of carbonyl (C=O) groups is 1. The van der Waals surface area contributed by atoms with Crippen LogP contribution in [0.15, 0.2) is 35.1 Å². The summed E-state index contributed by atoms with van der Waals surface area (Å²) in [5, 5.41) is 4.40. The van der Waals surface area contributed by atoms with E-state index in [0.29, 0.717) is 19.0 Å².